The third-order valence-corrected chi connectivity index (χ3v) is 3.41. The zero-order valence-electron chi connectivity index (χ0n) is 12.6. The van der Waals surface area contributed by atoms with Gasteiger partial charge in [0.15, 0.2) is 0 Å². The van der Waals surface area contributed by atoms with Gasteiger partial charge in [0.05, 0.1) is 13.2 Å². The lowest BCUT2D eigenvalue weighted by atomic mass is 9.96. The van der Waals surface area contributed by atoms with Gasteiger partial charge in [-0.1, -0.05) is 0 Å². The molecule has 1 saturated heterocycles. The van der Waals surface area contributed by atoms with E-state index < -0.39 is 0 Å². The molecule has 1 rings (SSSR count). The summed E-state index contributed by atoms with van der Waals surface area (Å²) in [6, 6.07) is 0. The monoisotopic (exact) mass is 272 g/mol. The third kappa shape index (κ3) is 7.50. The van der Waals surface area contributed by atoms with E-state index in [1.165, 1.54) is 19.4 Å². The molecular formula is C14H28N2O3. The van der Waals surface area contributed by atoms with Crippen molar-refractivity contribution in [3.05, 3.63) is 0 Å². The van der Waals surface area contributed by atoms with Gasteiger partial charge < -0.3 is 19.3 Å². The first-order valence-electron chi connectivity index (χ1n) is 7.22. The number of piperidine rings is 1. The first-order chi connectivity index (χ1) is 9.11. The van der Waals surface area contributed by atoms with Gasteiger partial charge in [-0.3, -0.25) is 0 Å². The molecule has 19 heavy (non-hydrogen) atoms. The van der Waals surface area contributed by atoms with Crippen molar-refractivity contribution in [1.82, 2.24) is 9.80 Å². The van der Waals surface area contributed by atoms with Crippen molar-refractivity contribution in [2.45, 2.75) is 19.8 Å². The maximum atomic E-state index is 11.1. The van der Waals surface area contributed by atoms with Crippen LogP contribution in [0.2, 0.25) is 0 Å². The van der Waals surface area contributed by atoms with Crippen LogP contribution in [0.4, 0.5) is 0 Å². The third-order valence-electron chi connectivity index (χ3n) is 3.41. The normalized spacial score (nSPS) is 17.9. The molecule has 0 aromatic heterocycles. The Morgan fingerprint density at radius 2 is 2.00 bits per heavy atom. The second kappa shape index (κ2) is 9.28. The standard InChI is InChI=1S/C14H28N2O3/c1-4-19-14(17)12-18-10-9-16-7-5-13(6-8-16)11-15(2)3/h13H,4-12H2,1-3H3. The van der Waals surface area contributed by atoms with E-state index in [0.717, 1.165) is 25.6 Å². The van der Waals surface area contributed by atoms with Crippen molar-refractivity contribution < 1.29 is 14.3 Å². The van der Waals surface area contributed by atoms with E-state index in [4.69, 9.17) is 9.47 Å². The smallest absolute Gasteiger partial charge is 0.332 e. The molecule has 0 bridgehead atoms. The van der Waals surface area contributed by atoms with E-state index in [9.17, 15) is 4.79 Å². The topological polar surface area (TPSA) is 42.0 Å². The van der Waals surface area contributed by atoms with Crippen LogP contribution in [0.25, 0.3) is 0 Å². The quantitative estimate of drug-likeness (QED) is 0.484. The van der Waals surface area contributed by atoms with Gasteiger partial charge >= 0.3 is 5.97 Å². The Labute approximate surface area is 116 Å². The zero-order chi connectivity index (χ0) is 14.1. The molecule has 0 spiro atoms. The maximum absolute atomic E-state index is 11.1. The molecule has 0 amide bonds. The number of esters is 1. The second-order valence-corrected chi connectivity index (χ2v) is 5.40. The summed E-state index contributed by atoms with van der Waals surface area (Å²) in [5.74, 6) is 0.555. The number of likely N-dealkylation sites (tertiary alicyclic amines) is 1. The van der Waals surface area contributed by atoms with E-state index in [0.29, 0.717) is 13.2 Å². The van der Waals surface area contributed by atoms with Crippen molar-refractivity contribution in [2.24, 2.45) is 5.92 Å². The molecule has 0 atom stereocenters. The fourth-order valence-electron chi connectivity index (χ4n) is 2.46. The molecule has 0 aliphatic carbocycles. The molecule has 0 saturated carbocycles. The zero-order valence-corrected chi connectivity index (χ0v) is 12.6. The molecule has 1 aliphatic heterocycles. The lowest BCUT2D eigenvalue weighted by Gasteiger charge is -2.33. The summed E-state index contributed by atoms with van der Waals surface area (Å²) in [5, 5.41) is 0. The van der Waals surface area contributed by atoms with E-state index in [-0.39, 0.29) is 12.6 Å². The Hall–Kier alpha value is -0.650. The predicted molar refractivity (Wildman–Crippen MR) is 75.2 cm³/mol. The number of carbonyl (C=O) groups excluding carboxylic acids is 1. The van der Waals surface area contributed by atoms with Gasteiger partial charge in [0.1, 0.15) is 6.61 Å². The highest BCUT2D eigenvalue weighted by atomic mass is 16.6. The molecule has 1 aliphatic rings. The SMILES string of the molecule is CCOC(=O)COCCN1CCC(CN(C)C)CC1. The van der Waals surface area contributed by atoms with Gasteiger partial charge in [-0.2, -0.15) is 0 Å². The predicted octanol–water partition coefficient (Wildman–Crippen LogP) is 0.840. The van der Waals surface area contributed by atoms with E-state index in [1.54, 1.807) is 6.92 Å². The first kappa shape index (κ1) is 16.4. The van der Waals surface area contributed by atoms with Crippen LogP contribution in [-0.2, 0) is 14.3 Å². The highest BCUT2D eigenvalue weighted by Crippen LogP contribution is 2.17. The second-order valence-electron chi connectivity index (χ2n) is 5.40. The number of nitrogens with zero attached hydrogens (tertiary/aromatic N) is 2. The largest absolute Gasteiger partial charge is 0.464 e. The molecule has 5 nitrogen and oxygen atoms in total. The van der Waals surface area contributed by atoms with Crippen molar-refractivity contribution in [1.29, 1.82) is 0 Å². The van der Waals surface area contributed by atoms with E-state index in [2.05, 4.69) is 23.9 Å². The summed E-state index contributed by atoms with van der Waals surface area (Å²) in [6.07, 6.45) is 2.52. The van der Waals surface area contributed by atoms with Gasteiger partial charge in [0.25, 0.3) is 0 Å². The Morgan fingerprint density at radius 3 is 2.58 bits per heavy atom. The molecular weight excluding hydrogens is 244 g/mol. The Bertz CT molecular complexity index is 251. The summed E-state index contributed by atoms with van der Waals surface area (Å²) in [4.78, 5) is 15.8. The number of rotatable bonds is 8. The average molecular weight is 272 g/mol. The van der Waals surface area contributed by atoms with Crippen LogP contribution in [0, 0.1) is 5.92 Å². The molecule has 0 radical (unpaired) electrons. The summed E-state index contributed by atoms with van der Waals surface area (Å²) in [6.45, 7) is 7.28. The van der Waals surface area contributed by atoms with Crippen LogP contribution in [0.15, 0.2) is 0 Å². The molecule has 0 N–H and O–H groups in total. The lowest BCUT2D eigenvalue weighted by molar-refractivity contribution is -0.148. The van der Waals surface area contributed by atoms with Crippen LogP contribution >= 0.6 is 0 Å². The Morgan fingerprint density at radius 1 is 1.32 bits per heavy atom. The molecule has 5 heteroatoms. The Kier molecular flexibility index (Phi) is 8.02. The van der Waals surface area contributed by atoms with Crippen molar-refractivity contribution >= 4 is 5.97 Å². The van der Waals surface area contributed by atoms with Crippen LogP contribution in [0.5, 0.6) is 0 Å². The minimum atomic E-state index is -0.271. The van der Waals surface area contributed by atoms with E-state index >= 15 is 0 Å². The van der Waals surface area contributed by atoms with Crippen molar-refractivity contribution in [3.8, 4) is 0 Å². The van der Waals surface area contributed by atoms with Gasteiger partial charge in [-0.15, -0.1) is 0 Å². The molecule has 0 aromatic carbocycles. The molecule has 1 fully saturated rings. The fourth-order valence-corrected chi connectivity index (χ4v) is 2.46. The number of hydrogen-bond donors (Lipinski definition) is 0. The van der Waals surface area contributed by atoms with Gasteiger partial charge in [-0.25, -0.2) is 4.79 Å². The fraction of sp³-hybridized carbons (Fsp3) is 0.929. The lowest BCUT2D eigenvalue weighted by Crippen LogP contribution is -2.38. The van der Waals surface area contributed by atoms with Crippen LogP contribution < -0.4 is 0 Å². The van der Waals surface area contributed by atoms with Crippen molar-refractivity contribution in [2.75, 3.05) is 60.1 Å². The molecule has 112 valence electrons. The van der Waals surface area contributed by atoms with Crippen LogP contribution in [0.1, 0.15) is 19.8 Å². The van der Waals surface area contributed by atoms with Crippen LogP contribution in [0.3, 0.4) is 0 Å². The average Bonchev–Trinajstić information content (AvgIpc) is 2.36. The summed E-state index contributed by atoms with van der Waals surface area (Å²) in [5.41, 5.74) is 0. The van der Waals surface area contributed by atoms with Gasteiger partial charge in [0, 0.05) is 13.1 Å². The summed E-state index contributed by atoms with van der Waals surface area (Å²) in [7, 11) is 4.27. The number of carbonyl (C=O) groups is 1. The highest BCUT2D eigenvalue weighted by molar-refractivity contribution is 5.70. The molecule has 1 heterocycles. The maximum Gasteiger partial charge on any atom is 0.332 e. The minimum absolute atomic E-state index is 0.0743. The number of ether oxygens (including phenoxy) is 2. The molecule has 0 aromatic rings. The number of hydrogen-bond acceptors (Lipinski definition) is 5. The van der Waals surface area contributed by atoms with Crippen LogP contribution in [-0.4, -0.2) is 75.9 Å². The summed E-state index contributed by atoms with van der Waals surface area (Å²) >= 11 is 0. The summed E-state index contributed by atoms with van der Waals surface area (Å²) < 4.78 is 10.1. The minimum Gasteiger partial charge on any atom is -0.464 e. The van der Waals surface area contributed by atoms with Crippen molar-refractivity contribution in [3.63, 3.8) is 0 Å². The van der Waals surface area contributed by atoms with E-state index in [1.807, 2.05) is 0 Å². The van der Waals surface area contributed by atoms with Gasteiger partial charge in [0.2, 0.25) is 0 Å². The van der Waals surface area contributed by atoms with Gasteiger partial charge in [-0.05, 0) is 52.9 Å². The Balaban J connectivity index is 2.02. The molecule has 0 unspecified atom stereocenters. The first-order valence-corrected chi connectivity index (χ1v) is 7.22. The highest BCUT2D eigenvalue weighted by Gasteiger charge is 2.19.